The minimum Gasteiger partial charge on any atom is -0.368 e. The van der Waals surface area contributed by atoms with Crippen LogP contribution in [0.1, 0.15) is 20.3 Å². The van der Waals surface area contributed by atoms with E-state index in [0.29, 0.717) is 6.42 Å². The first kappa shape index (κ1) is 11.5. The van der Waals surface area contributed by atoms with Crippen LogP contribution in [0.2, 0.25) is 0 Å². The van der Waals surface area contributed by atoms with Crippen molar-refractivity contribution in [1.82, 2.24) is 5.32 Å². The molecule has 0 bridgehead atoms. The third-order valence-corrected chi connectivity index (χ3v) is 5.00. The van der Waals surface area contributed by atoms with Crippen molar-refractivity contribution in [3.63, 3.8) is 0 Å². The summed E-state index contributed by atoms with van der Waals surface area (Å²) in [5.41, 5.74) is 5.08. The van der Waals surface area contributed by atoms with Crippen LogP contribution < -0.4 is 11.1 Å². The van der Waals surface area contributed by atoms with E-state index in [1.165, 1.54) is 0 Å². The fourth-order valence-electron chi connectivity index (χ4n) is 1.58. The minimum atomic E-state index is -2.96. The van der Waals surface area contributed by atoms with Crippen molar-refractivity contribution in [1.29, 1.82) is 0 Å². The molecular weight excluding hydrogens is 204 g/mol. The predicted molar refractivity (Wildman–Crippen MR) is 53.4 cm³/mol. The van der Waals surface area contributed by atoms with Crippen molar-refractivity contribution in [3.8, 4) is 0 Å². The molecule has 1 rings (SSSR count). The van der Waals surface area contributed by atoms with E-state index in [0.717, 1.165) is 0 Å². The Balaban J connectivity index is 2.61. The highest BCUT2D eigenvalue weighted by Gasteiger charge is 2.37. The van der Waals surface area contributed by atoms with E-state index in [4.69, 9.17) is 5.73 Å². The van der Waals surface area contributed by atoms with Gasteiger partial charge in [0.15, 0.2) is 9.84 Å². The number of amides is 1. The summed E-state index contributed by atoms with van der Waals surface area (Å²) in [4.78, 5) is 10.8. The first-order valence-electron chi connectivity index (χ1n) is 4.61. The fraction of sp³-hybridized carbons (Fsp3) is 0.875. The lowest BCUT2D eigenvalue weighted by molar-refractivity contribution is -0.119. The monoisotopic (exact) mass is 220 g/mol. The number of sulfone groups is 1. The molecule has 82 valence electrons. The molecule has 1 aliphatic heterocycles. The second-order valence-electron chi connectivity index (χ2n) is 3.76. The lowest BCUT2D eigenvalue weighted by atomic mass is 10.1. The van der Waals surface area contributed by atoms with Gasteiger partial charge in [0, 0.05) is 6.04 Å². The maximum absolute atomic E-state index is 11.4. The molecule has 1 aliphatic rings. The summed E-state index contributed by atoms with van der Waals surface area (Å²) in [6.45, 7) is 3.30. The molecule has 1 saturated heterocycles. The zero-order valence-corrected chi connectivity index (χ0v) is 9.17. The Hall–Kier alpha value is -0.620. The number of nitrogens with two attached hydrogens (primary N) is 1. The quantitative estimate of drug-likeness (QED) is 0.640. The van der Waals surface area contributed by atoms with Gasteiger partial charge in [-0.3, -0.25) is 4.79 Å². The fourth-order valence-corrected chi connectivity index (χ4v) is 3.25. The van der Waals surface area contributed by atoms with Crippen LogP contribution in [0.15, 0.2) is 0 Å². The van der Waals surface area contributed by atoms with Crippen LogP contribution in [0.5, 0.6) is 0 Å². The molecular formula is C8H16N2O3S. The van der Waals surface area contributed by atoms with Gasteiger partial charge in [-0.25, -0.2) is 8.42 Å². The van der Waals surface area contributed by atoms with E-state index >= 15 is 0 Å². The molecule has 14 heavy (non-hydrogen) atoms. The zero-order valence-electron chi connectivity index (χ0n) is 8.36. The highest BCUT2D eigenvalue weighted by Crippen LogP contribution is 2.20. The molecule has 1 heterocycles. The van der Waals surface area contributed by atoms with Crippen LogP contribution in [-0.4, -0.2) is 37.4 Å². The van der Waals surface area contributed by atoms with E-state index in [1.54, 1.807) is 13.8 Å². The van der Waals surface area contributed by atoms with E-state index in [-0.39, 0.29) is 11.8 Å². The second kappa shape index (κ2) is 3.86. The molecule has 0 saturated carbocycles. The summed E-state index contributed by atoms with van der Waals surface area (Å²) < 4.78 is 22.7. The highest BCUT2D eigenvalue weighted by atomic mass is 32.2. The van der Waals surface area contributed by atoms with Gasteiger partial charge in [0.05, 0.1) is 17.0 Å². The maximum Gasteiger partial charge on any atom is 0.234 e. The van der Waals surface area contributed by atoms with Gasteiger partial charge >= 0.3 is 0 Å². The molecule has 1 fully saturated rings. The Kier molecular flexibility index (Phi) is 3.16. The van der Waals surface area contributed by atoms with Gasteiger partial charge in [-0.05, 0) is 20.3 Å². The van der Waals surface area contributed by atoms with Crippen LogP contribution in [0, 0.1) is 0 Å². The standard InChI is InChI=1S/C8H16N2O3S/c1-5(8(9)11)10-7-3-4-14(12,13)6(7)2/h5-7,10H,3-4H2,1-2H3,(H2,9,11). The Labute approximate surface area is 84.0 Å². The third-order valence-electron chi connectivity index (χ3n) is 2.74. The molecule has 6 heteroatoms. The SMILES string of the molecule is CC(NC1CCS(=O)(=O)C1C)C(N)=O. The van der Waals surface area contributed by atoms with Crippen LogP contribution >= 0.6 is 0 Å². The van der Waals surface area contributed by atoms with Gasteiger partial charge in [0.1, 0.15) is 0 Å². The highest BCUT2D eigenvalue weighted by molar-refractivity contribution is 7.92. The van der Waals surface area contributed by atoms with E-state index < -0.39 is 27.0 Å². The Morgan fingerprint density at radius 2 is 2.14 bits per heavy atom. The summed E-state index contributed by atoms with van der Waals surface area (Å²) in [7, 11) is -2.96. The van der Waals surface area contributed by atoms with Gasteiger partial charge in [-0.15, -0.1) is 0 Å². The summed E-state index contributed by atoms with van der Waals surface area (Å²) >= 11 is 0. The van der Waals surface area contributed by atoms with Crippen LogP contribution in [0.4, 0.5) is 0 Å². The van der Waals surface area contributed by atoms with Crippen LogP contribution in [0.25, 0.3) is 0 Å². The molecule has 5 nitrogen and oxygen atoms in total. The van der Waals surface area contributed by atoms with Gasteiger partial charge < -0.3 is 11.1 Å². The maximum atomic E-state index is 11.4. The van der Waals surface area contributed by atoms with E-state index in [1.807, 2.05) is 0 Å². The Bertz CT molecular complexity index is 325. The van der Waals surface area contributed by atoms with Gasteiger partial charge in [-0.1, -0.05) is 0 Å². The van der Waals surface area contributed by atoms with Crippen molar-refractivity contribution in [2.45, 2.75) is 37.6 Å². The van der Waals surface area contributed by atoms with Gasteiger partial charge in [0.25, 0.3) is 0 Å². The molecule has 3 N–H and O–H groups in total. The van der Waals surface area contributed by atoms with Crippen molar-refractivity contribution < 1.29 is 13.2 Å². The van der Waals surface area contributed by atoms with Crippen LogP contribution in [0.3, 0.4) is 0 Å². The normalized spacial score (nSPS) is 32.7. The molecule has 0 aromatic heterocycles. The van der Waals surface area contributed by atoms with Gasteiger partial charge in [0.2, 0.25) is 5.91 Å². The molecule has 0 aromatic rings. The number of primary amides is 1. The topological polar surface area (TPSA) is 89.3 Å². The number of nitrogens with one attached hydrogen (secondary N) is 1. The van der Waals surface area contributed by atoms with Crippen molar-refractivity contribution in [2.75, 3.05) is 5.75 Å². The lowest BCUT2D eigenvalue weighted by Crippen LogP contribution is -2.47. The van der Waals surface area contributed by atoms with Crippen molar-refractivity contribution >= 4 is 15.7 Å². The first-order chi connectivity index (χ1) is 6.34. The van der Waals surface area contributed by atoms with E-state index in [2.05, 4.69) is 5.32 Å². The van der Waals surface area contributed by atoms with Crippen molar-refractivity contribution in [2.24, 2.45) is 5.73 Å². The number of rotatable bonds is 3. The molecule has 0 radical (unpaired) electrons. The van der Waals surface area contributed by atoms with Crippen LogP contribution in [-0.2, 0) is 14.6 Å². The molecule has 3 atom stereocenters. The molecule has 3 unspecified atom stereocenters. The number of hydrogen-bond acceptors (Lipinski definition) is 4. The summed E-state index contributed by atoms with van der Waals surface area (Å²) in [6, 6.07) is -0.627. The van der Waals surface area contributed by atoms with Crippen molar-refractivity contribution in [3.05, 3.63) is 0 Å². The average molecular weight is 220 g/mol. The second-order valence-corrected chi connectivity index (χ2v) is 6.24. The Morgan fingerprint density at radius 1 is 1.57 bits per heavy atom. The largest absolute Gasteiger partial charge is 0.368 e. The predicted octanol–water partition coefficient (Wildman–Crippen LogP) is -0.975. The Morgan fingerprint density at radius 3 is 2.50 bits per heavy atom. The molecule has 0 aliphatic carbocycles. The lowest BCUT2D eigenvalue weighted by Gasteiger charge is -2.19. The molecule has 0 spiro atoms. The van der Waals surface area contributed by atoms with Gasteiger partial charge in [-0.2, -0.15) is 0 Å². The average Bonchev–Trinajstić information content (AvgIpc) is 2.32. The minimum absolute atomic E-state index is 0.150. The number of carbonyl (C=O) groups excluding carboxylic acids is 1. The first-order valence-corrected chi connectivity index (χ1v) is 6.33. The molecule has 0 aromatic carbocycles. The summed E-state index contributed by atoms with van der Waals surface area (Å²) in [6.07, 6.45) is 0.557. The summed E-state index contributed by atoms with van der Waals surface area (Å²) in [5.74, 6) is -0.265. The number of carbonyl (C=O) groups is 1. The zero-order chi connectivity index (χ0) is 10.9. The smallest absolute Gasteiger partial charge is 0.234 e. The molecule has 1 amide bonds. The summed E-state index contributed by atoms with van der Waals surface area (Å²) in [5, 5.41) is 2.50. The third kappa shape index (κ3) is 2.24. The van der Waals surface area contributed by atoms with E-state index in [9.17, 15) is 13.2 Å². The number of hydrogen-bond donors (Lipinski definition) is 2.